The van der Waals surface area contributed by atoms with Crippen LogP contribution in [0.1, 0.15) is 12.5 Å². The third kappa shape index (κ3) is 3.25. The van der Waals surface area contributed by atoms with E-state index in [4.69, 9.17) is 4.42 Å². The highest BCUT2D eigenvalue weighted by Gasteiger charge is 2.16. The molecule has 2 heterocycles. The van der Waals surface area contributed by atoms with Crippen molar-refractivity contribution in [1.29, 1.82) is 0 Å². The van der Waals surface area contributed by atoms with Gasteiger partial charge in [-0.3, -0.25) is 4.57 Å². The molecular formula is C15H13BrFN3OS. The van der Waals surface area contributed by atoms with Crippen LogP contribution in [0.5, 0.6) is 0 Å². The van der Waals surface area contributed by atoms with E-state index in [-0.39, 0.29) is 5.82 Å². The quantitative estimate of drug-likeness (QED) is 0.598. The van der Waals surface area contributed by atoms with Gasteiger partial charge in [-0.1, -0.05) is 23.9 Å². The van der Waals surface area contributed by atoms with Crippen molar-refractivity contribution in [2.45, 2.75) is 24.4 Å². The summed E-state index contributed by atoms with van der Waals surface area (Å²) in [6, 6.07) is 10.2. The van der Waals surface area contributed by atoms with E-state index in [0.717, 1.165) is 17.3 Å². The Balaban J connectivity index is 1.81. The Bertz CT molecular complexity index is 787. The second kappa shape index (κ2) is 6.66. The Hall–Kier alpha value is -1.60. The van der Waals surface area contributed by atoms with E-state index >= 15 is 0 Å². The first-order valence-electron chi connectivity index (χ1n) is 6.73. The lowest BCUT2D eigenvalue weighted by Gasteiger charge is -2.06. The predicted molar refractivity (Wildman–Crippen MR) is 87.1 cm³/mol. The molecule has 0 unspecified atom stereocenters. The highest BCUT2D eigenvalue weighted by atomic mass is 79.9. The minimum absolute atomic E-state index is 0.226. The molecule has 0 aliphatic carbocycles. The smallest absolute Gasteiger partial charge is 0.200 e. The second-order valence-corrected chi connectivity index (χ2v) is 6.30. The largest absolute Gasteiger partial charge is 0.446 e. The topological polar surface area (TPSA) is 43.9 Å². The minimum atomic E-state index is -0.226. The van der Waals surface area contributed by atoms with Crippen LogP contribution in [0.3, 0.4) is 0 Å². The molecule has 3 aromatic rings. The third-order valence-corrected chi connectivity index (χ3v) is 4.55. The van der Waals surface area contributed by atoms with Crippen molar-refractivity contribution in [2.24, 2.45) is 0 Å². The molecule has 0 N–H and O–H groups in total. The van der Waals surface area contributed by atoms with Gasteiger partial charge in [-0.2, -0.15) is 0 Å². The zero-order valence-electron chi connectivity index (χ0n) is 11.8. The van der Waals surface area contributed by atoms with Crippen LogP contribution < -0.4 is 0 Å². The van der Waals surface area contributed by atoms with Gasteiger partial charge in [0.2, 0.25) is 5.82 Å². The van der Waals surface area contributed by atoms with E-state index < -0.39 is 0 Å². The van der Waals surface area contributed by atoms with Crippen molar-refractivity contribution in [3.8, 4) is 11.6 Å². The number of benzene rings is 1. The summed E-state index contributed by atoms with van der Waals surface area (Å²) in [5.74, 6) is 1.77. The van der Waals surface area contributed by atoms with Crippen LogP contribution in [0, 0.1) is 5.82 Å². The Morgan fingerprint density at radius 3 is 2.82 bits per heavy atom. The zero-order chi connectivity index (χ0) is 15.5. The van der Waals surface area contributed by atoms with Crippen molar-refractivity contribution >= 4 is 27.7 Å². The maximum atomic E-state index is 13.2. The molecular weight excluding hydrogens is 369 g/mol. The van der Waals surface area contributed by atoms with Crippen LogP contribution in [0.2, 0.25) is 0 Å². The lowest BCUT2D eigenvalue weighted by molar-refractivity contribution is 0.543. The molecule has 0 fully saturated rings. The average Bonchev–Trinajstić information content (AvgIpc) is 3.10. The Labute approximate surface area is 139 Å². The molecule has 0 saturated heterocycles. The molecule has 3 rings (SSSR count). The predicted octanol–water partition coefficient (Wildman–Crippen LogP) is 4.75. The number of thioether (sulfide) groups is 1. The fraction of sp³-hybridized carbons (Fsp3) is 0.200. The maximum absolute atomic E-state index is 13.2. The van der Waals surface area contributed by atoms with Gasteiger partial charge in [-0.05, 0) is 52.7 Å². The molecule has 0 atom stereocenters. The van der Waals surface area contributed by atoms with E-state index in [9.17, 15) is 4.39 Å². The van der Waals surface area contributed by atoms with Crippen LogP contribution in [0.15, 0.2) is 50.6 Å². The van der Waals surface area contributed by atoms with Gasteiger partial charge in [0.15, 0.2) is 15.6 Å². The van der Waals surface area contributed by atoms with Gasteiger partial charge in [-0.15, -0.1) is 10.2 Å². The van der Waals surface area contributed by atoms with Gasteiger partial charge in [0.05, 0.1) is 0 Å². The fourth-order valence-electron chi connectivity index (χ4n) is 2.07. The number of halogens is 2. The van der Waals surface area contributed by atoms with Gasteiger partial charge in [0.25, 0.3) is 0 Å². The first-order chi connectivity index (χ1) is 10.7. The molecule has 0 radical (unpaired) electrons. The van der Waals surface area contributed by atoms with Crippen LogP contribution >= 0.6 is 27.7 Å². The summed E-state index contributed by atoms with van der Waals surface area (Å²) >= 11 is 4.81. The van der Waals surface area contributed by atoms with Crippen molar-refractivity contribution in [1.82, 2.24) is 14.8 Å². The maximum Gasteiger partial charge on any atom is 0.200 e. The summed E-state index contributed by atoms with van der Waals surface area (Å²) in [7, 11) is 0. The molecule has 4 nitrogen and oxygen atoms in total. The average molecular weight is 382 g/mol. The number of nitrogens with zero attached hydrogens (tertiary/aromatic N) is 3. The minimum Gasteiger partial charge on any atom is -0.446 e. The van der Waals surface area contributed by atoms with Crippen molar-refractivity contribution in [3.05, 3.63) is 52.4 Å². The highest BCUT2D eigenvalue weighted by Crippen LogP contribution is 2.28. The van der Waals surface area contributed by atoms with E-state index in [2.05, 4.69) is 26.1 Å². The molecule has 0 aliphatic rings. The van der Waals surface area contributed by atoms with Crippen molar-refractivity contribution in [2.75, 3.05) is 0 Å². The molecule has 0 aliphatic heterocycles. The lowest BCUT2D eigenvalue weighted by atomic mass is 10.2. The first-order valence-corrected chi connectivity index (χ1v) is 8.51. The van der Waals surface area contributed by atoms with Crippen LogP contribution in [0.25, 0.3) is 11.6 Å². The van der Waals surface area contributed by atoms with Gasteiger partial charge >= 0.3 is 0 Å². The van der Waals surface area contributed by atoms with Crippen molar-refractivity contribution in [3.63, 3.8) is 0 Å². The normalized spacial score (nSPS) is 11.0. The van der Waals surface area contributed by atoms with Gasteiger partial charge in [0.1, 0.15) is 5.82 Å². The zero-order valence-corrected chi connectivity index (χ0v) is 14.2. The summed E-state index contributed by atoms with van der Waals surface area (Å²) in [4.78, 5) is 0. The molecule has 0 amide bonds. The van der Waals surface area contributed by atoms with Crippen molar-refractivity contribution < 1.29 is 8.81 Å². The fourth-order valence-corrected chi connectivity index (χ4v) is 3.32. The van der Waals surface area contributed by atoms with Gasteiger partial charge < -0.3 is 4.42 Å². The SMILES string of the molecule is CCn1c(SCc2cccc(F)c2)nnc1-c1ccc(Br)o1. The summed E-state index contributed by atoms with van der Waals surface area (Å²) in [6.07, 6.45) is 0. The van der Waals surface area contributed by atoms with Gasteiger partial charge in [0, 0.05) is 12.3 Å². The molecule has 0 bridgehead atoms. The second-order valence-electron chi connectivity index (χ2n) is 4.57. The molecule has 0 saturated carbocycles. The number of hydrogen-bond donors (Lipinski definition) is 0. The number of furan rings is 1. The van der Waals surface area contributed by atoms with Crippen LogP contribution in [0.4, 0.5) is 4.39 Å². The first kappa shape index (κ1) is 15.3. The number of aromatic nitrogens is 3. The molecule has 1 aromatic carbocycles. The van der Waals surface area contributed by atoms with E-state index in [1.54, 1.807) is 6.07 Å². The molecule has 0 spiro atoms. The standard InChI is InChI=1S/C15H13BrFN3OS/c1-2-20-14(12-6-7-13(16)21-12)18-19-15(20)22-9-10-4-3-5-11(17)8-10/h3-8H,2,9H2,1H3. The molecule has 22 heavy (non-hydrogen) atoms. The Morgan fingerprint density at radius 1 is 1.27 bits per heavy atom. The highest BCUT2D eigenvalue weighted by molar-refractivity contribution is 9.10. The van der Waals surface area contributed by atoms with Crippen LogP contribution in [-0.2, 0) is 12.3 Å². The summed E-state index contributed by atoms with van der Waals surface area (Å²) < 4.78 is 21.4. The van der Waals surface area contributed by atoms with E-state index in [1.807, 2.05) is 29.7 Å². The summed E-state index contributed by atoms with van der Waals surface area (Å²) in [6.45, 7) is 2.75. The summed E-state index contributed by atoms with van der Waals surface area (Å²) in [5, 5.41) is 9.21. The Morgan fingerprint density at radius 2 is 2.14 bits per heavy atom. The number of hydrogen-bond acceptors (Lipinski definition) is 4. The third-order valence-electron chi connectivity index (χ3n) is 3.08. The monoisotopic (exact) mass is 381 g/mol. The number of rotatable bonds is 5. The summed E-state index contributed by atoms with van der Waals surface area (Å²) in [5.41, 5.74) is 0.915. The Kier molecular flexibility index (Phi) is 4.63. The van der Waals surface area contributed by atoms with E-state index in [1.165, 1.54) is 23.9 Å². The lowest BCUT2D eigenvalue weighted by Crippen LogP contribution is -1.99. The van der Waals surface area contributed by atoms with E-state index in [0.29, 0.717) is 22.0 Å². The van der Waals surface area contributed by atoms with Crippen LogP contribution in [-0.4, -0.2) is 14.8 Å². The molecule has 2 aromatic heterocycles. The molecule has 114 valence electrons. The molecule has 7 heteroatoms. The van der Waals surface area contributed by atoms with Gasteiger partial charge in [-0.25, -0.2) is 4.39 Å².